The van der Waals surface area contributed by atoms with Crippen LogP contribution in [0, 0.1) is 13.8 Å². The zero-order valence-corrected chi connectivity index (χ0v) is 16.9. The van der Waals surface area contributed by atoms with E-state index in [1.165, 1.54) is 35.6 Å². The fraction of sp³-hybridized carbons (Fsp3) is 0.211. The molecule has 0 radical (unpaired) electrons. The SMILES string of the molecule is CCOC(=O)c1c(N=Nc2ccc(N3C(=O)C=CC3=O)c(Cl)c2)sc(C)c1C. The molecule has 0 fully saturated rings. The van der Waals surface area contributed by atoms with Gasteiger partial charge in [-0.1, -0.05) is 11.6 Å². The van der Waals surface area contributed by atoms with Crippen molar-refractivity contribution in [3.05, 3.63) is 51.4 Å². The smallest absolute Gasteiger partial charge is 0.341 e. The molecule has 0 saturated carbocycles. The highest BCUT2D eigenvalue weighted by Gasteiger charge is 2.27. The molecule has 1 aromatic carbocycles. The number of nitrogens with zero attached hydrogens (tertiary/aromatic N) is 3. The predicted octanol–water partition coefficient (Wildman–Crippen LogP) is 5.04. The van der Waals surface area contributed by atoms with E-state index in [9.17, 15) is 14.4 Å². The van der Waals surface area contributed by atoms with Crippen molar-refractivity contribution in [3.8, 4) is 0 Å². The summed E-state index contributed by atoms with van der Waals surface area (Å²) in [5.74, 6) is -1.35. The number of benzene rings is 1. The summed E-state index contributed by atoms with van der Waals surface area (Å²) in [7, 11) is 0. The van der Waals surface area contributed by atoms with E-state index in [0.29, 0.717) is 16.3 Å². The summed E-state index contributed by atoms with van der Waals surface area (Å²) in [5, 5.41) is 8.96. The van der Waals surface area contributed by atoms with E-state index in [4.69, 9.17) is 16.3 Å². The van der Waals surface area contributed by atoms with Crippen molar-refractivity contribution in [2.45, 2.75) is 20.8 Å². The summed E-state index contributed by atoms with van der Waals surface area (Å²) in [4.78, 5) is 37.7. The van der Waals surface area contributed by atoms with Gasteiger partial charge in [0.2, 0.25) is 0 Å². The Morgan fingerprint density at radius 1 is 1.18 bits per heavy atom. The van der Waals surface area contributed by atoms with E-state index in [0.717, 1.165) is 15.3 Å². The van der Waals surface area contributed by atoms with Crippen LogP contribution in [0.3, 0.4) is 0 Å². The van der Waals surface area contributed by atoms with Gasteiger partial charge in [-0.15, -0.1) is 21.6 Å². The molecule has 0 atom stereocenters. The third-order valence-electron chi connectivity index (χ3n) is 4.08. The Labute approximate surface area is 170 Å². The van der Waals surface area contributed by atoms with E-state index in [-0.39, 0.29) is 17.3 Å². The highest BCUT2D eigenvalue weighted by atomic mass is 35.5. The van der Waals surface area contributed by atoms with Crippen LogP contribution in [0.1, 0.15) is 27.7 Å². The van der Waals surface area contributed by atoms with Crippen LogP contribution in [0.4, 0.5) is 16.4 Å². The van der Waals surface area contributed by atoms with E-state index in [1.807, 2.05) is 13.8 Å². The van der Waals surface area contributed by atoms with Gasteiger partial charge in [0.1, 0.15) is 5.56 Å². The third-order valence-corrected chi connectivity index (χ3v) is 5.48. The minimum Gasteiger partial charge on any atom is -0.462 e. The second-order valence-electron chi connectivity index (χ2n) is 5.86. The molecule has 0 spiro atoms. The molecule has 2 heterocycles. The van der Waals surface area contributed by atoms with Gasteiger partial charge in [-0.3, -0.25) is 9.59 Å². The van der Waals surface area contributed by atoms with Crippen LogP contribution in [-0.4, -0.2) is 24.4 Å². The molecule has 0 aliphatic carbocycles. The highest BCUT2D eigenvalue weighted by Crippen LogP contribution is 2.37. The summed E-state index contributed by atoms with van der Waals surface area (Å²) in [5.41, 5.74) is 1.90. The molecule has 1 aliphatic heterocycles. The Morgan fingerprint density at radius 2 is 1.86 bits per heavy atom. The number of thiophene rings is 1. The maximum atomic E-state index is 12.2. The zero-order chi connectivity index (χ0) is 20.4. The number of esters is 1. The molecular formula is C19H16ClN3O4S. The van der Waals surface area contributed by atoms with Crippen molar-refractivity contribution in [1.29, 1.82) is 0 Å². The molecular weight excluding hydrogens is 402 g/mol. The molecule has 1 aliphatic rings. The topological polar surface area (TPSA) is 88.4 Å². The van der Waals surface area contributed by atoms with Gasteiger partial charge in [0.25, 0.3) is 11.8 Å². The molecule has 28 heavy (non-hydrogen) atoms. The molecule has 0 N–H and O–H groups in total. The number of carbonyl (C=O) groups excluding carboxylic acids is 3. The lowest BCUT2D eigenvalue weighted by molar-refractivity contribution is -0.119. The van der Waals surface area contributed by atoms with Crippen molar-refractivity contribution in [2.75, 3.05) is 11.5 Å². The Balaban J connectivity index is 1.89. The van der Waals surface area contributed by atoms with Gasteiger partial charge in [-0.05, 0) is 44.5 Å². The third kappa shape index (κ3) is 3.74. The molecule has 0 saturated heterocycles. The van der Waals surface area contributed by atoms with Gasteiger partial charge in [0, 0.05) is 17.0 Å². The molecule has 7 nitrogen and oxygen atoms in total. The Bertz CT molecular complexity index is 1020. The number of imide groups is 1. The van der Waals surface area contributed by atoms with Gasteiger partial charge in [-0.25, -0.2) is 9.69 Å². The molecule has 0 bridgehead atoms. The Hall–Kier alpha value is -2.84. The maximum Gasteiger partial charge on any atom is 0.341 e. The summed E-state index contributed by atoms with van der Waals surface area (Å²) in [6.45, 7) is 5.73. The van der Waals surface area contributed by atoms with Crippen molar-refractivity contribution in [3.63, 3.8) is 0 Å². The summed E-state index contributed by atoms with van der Waals surface area (Å²) in [6.07, 6.45) is 2.37. The van der Waals surface area contributed by atoms with E-state index in [2.05, 4.69) is 10.2 Å². The number of carbonyl (C=O) groups is 3. The second-order valence-corrected chi connectivity index (χ2v) is 7.48. The van der Waals surface area contributed by atoms with Gasteiger partial charge < -0.3 is 4.74 Å². The van der Waals surface area contributed by atoms with Gasteiger partial charge >= 0.3 is 5.97 Å². The van der Waals surface area contributed by atoms with E-state index in [1.54, 1.807) is 13.0 Å². The summed E-state index contributed by atoms with van der Waals surface area (Å²) in [6, 6.07) is 4.61. The van der Waals surface area contributed by atoms with Crippen LogP contribution >= 0.6 is 22.9 Å². The van der Waals surface area contributed by atoms with Crippen LogP contribution in [-0.2, 0) is 14.3 Å². The second kappa shape index (κ2) is 8.04. The van der Waals surface area contributed by atoms with Crippen molar-refractivity contribution < 1.29 is 19.1 Å². The number of halogens is 1. The molecule has 144 valence electrons. The molecule has 2 aromatic rings. The fourth-order valence-electron chi connectivity index (χ4n) is 2.60. The fourth-order valence-corrected chi connectivity index (χ4v) is 3.83. The molecule has 1 aromatic heterocycles. The Morgan fingerprint density at radius 3 is 2.46 bits per heavy atom. The molecule has 0 unspecified atom stereocenters. The zero-order valence-electron chi connectivity index (χ0n) is 15.4. The number of ether oxygens (including phenoxy) is 1. The largest absolute Gasteiger partial charge is 0.462 e. The van der Waals surface area contributed by atoms with Crippen LogP contribution in [0.25, 0.3) is 0 Å². The van der Waals surface area contributed by atoms with Gasteiger partial charge in [0.05, 0.1) is 23.0 Å². The number of anilines is 1. The summed E-state index contributed by atoms with van der Waals surface area (Å²) >= 11 is 7.57. The first-order valence-corrected chi connectivity index (χ1v) is 9.57. The van der Waals surface area contributed by atoms with Crippen LogP contribution < -0.4 is 4.90 Å². The van der Waals surface area contributed by atoms with Crippen molar-refractivity contribution in [1.82, 2.24) is 0 Å². The quantitative estimate of drug-likeness (QED) is 0.387. The van der Waals surface area contributed by atoms with Crippen LogP contribution in [0.15, 0.2) is 40.6 Å². The lowest BCUT2D eigenvalue weighted by Gasteiger charge is -2.15. The first-order valence-electron chi connectivity index (χ1n) is 8.38. The number of hydrogen-bond acceptors (Lipinski definition) is 7. The van der Waals surface area contributed by atoms with Gasteiger partial charge in [-0.2, -0.15) is 0 Å². The van der Waals surface area contributed by atoms with Gasteiger partial charge in [0.15, 0.2) is 5.00 Å². The monoisotopic (exact) mass is 417 g/mol. The van der Waals surface area contributed by atoms with Crippen LogP contribution in [0.5, 0.6) is 0 Å². The minimum atomic E-state index is -0.454. The Kier molecular flexibility index (Phi) is 5.71. The maximum absolute atomic E-state index is 12.2. The molecule has 3 rings (SSSR count). The molecule has 2 amide bonds. The van der Waals surface area contributed by atoms with E-state index >= 15 is 0 Å². The highest BCUT2D eigenvalue weighted by molar-refractivity contribution is 7.16. The first-order chi connectivity index (χ1) is 13.3. The van der Waals surface area contributed by atoms with E-state index < -0.39 is 17.8 Å². The minimum absolute atomic E-state index is 0.186. The molecule has 9 heteroatoms. The van der Waals surface area contributed by atoms with Crippen molar-refractivity contribution in [2.24, 2.45) is 10.2 Å². The summed E-state index contributed by atoms with van der Waals surface area (Å²) < 4.78 is 5.10. The van der Waals surface area contributed by atoms with Crippen molar-refractivity contribution >= 4 is 57.1 Å². The average molecular weight is 418 g/mol. The lowest BCUT2D eigenvalue weighted by atomic mass is 10.1. The van der Waals surface area contributed by atoms with Crippen LogP contribution in [0.2, 0.25) is 5.02 Å². The number of azo groups is 1. The average Bonchev–Trinajstić information content (AvgIpc) is 3.12. The number of aryl methyl sites for hydroxylation is 1. The number of amides is 2. The normalized spacial score (nSPS) is 13.8. The lowest BCUT2D eigenvalue weighted by Crippen LogP contribution is -2.29. The standard InChI is InChI=1S/C19H16ClN3O4S/c1-4-27-19(26)17-10(2)11(3)28-18(17)22-21-12-5-6-14(13(20)9-12)23-15(24)7-8-16(23)25/h5-9H,4H2,1-3H3. The predicted molar refractivity (Wildman–Crippen MR) is 107 cm³/mol. The first kappa shape index (κ1) is 19.9. The number of rotatable bonds is 5. The number of hydrogen-bond donors (Lipinski definition) is 0.